The number of hydrogen-bond acceptors (Lipinski definition) is 3. The maximum absolute atomic E-state index is 12.7. The van der Waals surface area contributed by atoms with Crippen LogP contribution >= 0.6 is 0 Å². The molecule has 0 unspecified atom stereocenters. The Morgan fingerprint density at radius 2 is 1.85 bits per heavy atom. The summed E-state index contributed by atoms with van der Waals surface area (Å²) in [7, 11) is 0. The van der Waals surface area contributed by atoms with E-state index in [4.69, 9.17) is 5.26 Å². The van der Waals surface area contributed by atoms with Gasteiger partial charge in [-0.3, -0.25) is 9.59 Å². The Hall–Kier alpha value is -2.93. The Labute approximate surface area is 153 Å². The number of fused-ring (bicyclic) bond motifs is 2. The molecule has 4 nitrogen and oxygen atoms in total. The van der Waals surface area contributed by atoms with E-state index in [9.17, 15) is 9.59 Å². The van der Waals surface area contributed by atoms with Gasteiger partial charge in [0.25, 0.3) is 0 Å². The molecule has 4 rings (SSSR count). The molecule has 1 spiro atoms. The largest absolute Gasteiger partial charge is 0.343 e. The van der Waals surface area contributed by atoms with Gasteiger partial charge in [0.05, 0.1) is 11.6 Å². The van der Waals surface area contributed by atoms with Gasteiger partial charge in [0.15, 0.2) is 5.78 Å². The fourth-order valence-electron chi connectivity index (χ4n) is 4.38. The van der Waals surface area contributed by atoms with Crippen LogP contribution in [-0.4, -0.2) is 29.7 Å². The van der Waals surface area contributed by atoms with E-state index in [1.54, 1.807) is 13.0 Å². The van der Waals surface area contributed by atoms with Crippen LogP contribution in [0, 0.1) is 11.3 Å². The molecule has 0 bridgehead atoms. The summed E-state index contributed by atoms with van der Waals surface area (Å²) >= 11 is 0. The maximum atomic E-state index is 12.7. The highest BCUT2D eigenvalue weighted by Gasteiger charge is 2.45. The molecule has 1 heterocycles. The summed E-state index contributed by atoms with van der Waals surface area (Å²) in [4.78, 5) is 26.2. The highest BCUT2D eigenvalue weighted by atomic mass is 16.2. The number of Topliss-reactive ketones (excluding diaryl/α,β-unsaturated/α-hetero) is 1. The molecule has 1 aliphatic carbocycles. The summed E-state index contributed by atoms with van der Waals surface area (Å²) in [6.45, 7) is 3.04. The van der Waals surface area contributed by atoms with Crippen LogP contribution in [0.15, 0.2) is 42.5 Å². The highest BCUT2D eigenvalue weighted by Crippen LogP contribution is 2.47. The molecular weight excluding hydrogens is 324 g/mol. The Morgan fingerprint density at radius 3 is 2.54 bits per heavy atom. The van der Waals surface area contributed by atoms with E-state index in [0.717, 1.165) is 35.1 Å². The minimum absolute atomic E-state index is 0.108. The summed E-state index contributed by atoms with van der Waals surface area (Å²) in [6.07, 6.45) is 2.22. The van der Waals surface area contributed by atoms with E-state index < -0.39 is 0 Å². The Balaban J connectivity index is 1.69. The molecular formula is C22H20N2O2. The van der Waals surface area contributed by atoms with E-state index in [1.165, 1.54) is 0 Å². The molecule has 2 aromatic carbocycles. The maximum Gasteiger partial charge on any atom is 0.219 e. The second-order valence-electron chi connectivity index (χ2n) is 7.34. The van der Waals surface area contributed by atoms with Crippen molar-refractivity contribution in [2.75, 3.05) is 13.1 Å². The van der Waals surface area contributed by atoms with Crippen molar-refractivity contribution in [3.63, 3.8) is 0 Å². The molecule has 0 N–H and O–H groups in total. The second kappa shape index (κ2) is 6.10. The van der Waals surface area contributed by atoms with Crippen molar-refractivity contribution in [2.24, 2.45) is 0 Å². The van der Waals surface area contributed by atoms with E-state index in [1.807, 2.05) is 35.2 Å². The van der Waals surface area contributed by atoms with Gasteiger partial charge in [-0.15, -0.1) is 0 Å². The minimum Gasteiger partial charge on any atom is -0.343 e. The van der Waals surface area contributed by atoms with Gasteiger partial charge in [-0.2, -0.15) is 5.26 Å². The van der Waals surface area contributed by atoms with E-state index in [0.29, 0.717) is 25.1 Å². The molecule has 2 aromatic rings. The quantitative estimate of drug-likeness (QED) is 0.792. The summed E-state index contributed by atoms with van der Waals surface area (Å²) in [6, 6.07) is 15.7. The smallest absolute Gasteiger partial charge is 0.219 e. The minimum atomic E-state index is -0.120. The number of carbonyl (C=O) groups excluding carboxylic acids is 2. The van der Waals surface area contributed by atoms with E-state index in [2.05, 4.69) is 12.1 Å². The zero-order valence-electron chi connectivity index (χ0n) is 14.8. The van der Waals surface area contributed by atoms with Crippen molar-refractivity contribution in [1.82, 2.24) is 4.90 Å². The first-order valence-electron chi connectivity index (χ1n) is 8.96. The average Bonchev–Trinajstić information content (AvgIpc) is 2.93. The standard InChI is InChI=1S/C22H20N2O2/c1-15(25)24-9-7-22(8-10-24)13-21(26)19-12-18(5-6-20(19)22)17-4-2-3-16(11-17)14-23/h2-6,11-12H,7-10,13H2,1H3. The number of carbonyl (C=O) groups is 2. The van der Waals surface area contributed by atoms with E-state index >= 15 is 0 Å². The molecule has 0 radical (unpaired) electrons. The predicted molar refractivity (Wildman–Crippen MR) is 98.7 cm³/mol. The van der Waals surface area contributed by atoms with Crippen molar-refractivity contribution in [3.05, 3.63) is 59.2 Å². The van der Waals surface area contributed by atoms with Crippen LogP contribution in [0.5, 0.6) is 0 Å². The Morgan fingerprint density at radius 1 is 1.12 bits per heavy atom. The summed E-state index contributed by atoms with van der Waals surface area (Å²) in [5.41, 5.74) is 4.35. The number of piperidine rings is 1. The van der Waals surface area contributed by atoms with Crippen molar-refractivity contribution in [2.45, 2.75) is 31.6 Å². The Kier molecular flexibility index (Phi) is 3.88. The third-order valence-electron chi connectivity index (χ3n) is 5.88. The molecule has 0 aromatic heterocycles. The van der Waals surface area contributed by atoms with Gasteiger partial charge in [0.1, 0.15) is 0 Å². The topological polar surface area (TPSA) is 61.2 Å². The number of nitriles is 1. The SMILES string of the molecule is CC(=O)N1CCC2(CC1)CC(=O)c1cc(-c3cccc(C#N)c3)ccc12. The molecule has 26 heavy (non-hydrogen) atoms. The lowest BCUT2D eigenvalue weighted by Gasteiger charge is -2.39. The van der Waals surface area contributed by atoms with Gasteiger partial charge >= 0.3 is 0 Å². The number of benzene rings is 2. The molecule has 1 saturated heterocycles. The van der Waals surface area contributed by atoms with Gasteiger partial charge in [-0.1, -0.05) is 24.3 Å². The van der Waals surface area contributed by atoms with Crippen molar-refractivity contribution in [1.29, 1.82) is 5.26 Å². The van der Waals surface area contributed by atoms with E-state index in [-0.39, 0.29) is 17.1 Å². The molecule has 1 fully saturated rings. The van der Waals surface area contributed by atoms with Crippen LogP contribution in [0.4, 0.5) is 0 Å². The third-order valence-corrected chi connectivity index (χ3v) is 5.88. The molecule has 1 amide bonds. The van der Waals surface area contributed by atoms with Gasteiger partial charge < -0.3 is 4.90 Å². The first-order valence-corrected chi connectivity index (χ1v) is 8.96. The van der Waals surface area contributed by atoms with Crippen LogP contribution in [0.3, 0.4) is 0 Å². The first-order chi connectivity index (χ1) is 12.5. The van der Waals surface area contributed by atoms with Crippen LogP contribution in [0.2, 0.25) is 0 Å². The lowest BCUT2D eigenvalue weighted by Crippen LogP contribution is -2.43. The molecule has 2 aliphatic rings. The normalized spacial score (nSPS) is 17.8. The Bertz CT molecular complexity index is 947. The zero-order chi connectivity index (χ0) is 18.3. The number of amides is 1. The average molecular weight is 344 g/mol. The van der Waals surface area contributed by atoms with Crippen LogP contribution in [0.1, 0.15) is 47.7 Å². The second-order valence-corrected chi connectivity index (χ2v) is 7.34. The lowest BCUT2D eigenvalue weighted by atomic mass is 9.73. The number of rotatable bonds is 1. The molecule has 1 aliphatic heterocycles. The molecule has 130 valence electrons. The van der Waals surface area contributed by atoms with Gasteiger partial charge in [-0.25, -0.2) is 0 Å². The molecule has 0 atom stereocenters. The lowest BCUT2D eigenvalue weighted by molar-refractivity contribution is -0.130. The van der Waals surface area contributed by atoms with Gasteiger partial charge in [-0.05, 0) is 47.7 Å². The van der Waals surface area contributed by atoms with Gasteiger partial charge in [0, 0.05) is 37.4 Å². The summed E-state index contributed by atoms with van der Waals surface area (Å²) < 4.78 is 0. The van der Waals surface area contributed by atoms with Crippen LogP contribution in [-0.2, 0) is 10.2 Å². The highest BCUT2D eigenvalue weighted by molar-refractivity contribution is 6.03. The zero-order valence-corrected chi connectivity index (χ0v) is 14.8. The fraction of sp³-hybridized carbons (Fsp3) is 0.318. The number of ketones is 1. The first kappa shape index (κ1) is 16.5. The fourth-order valence-corrected chi connectivity index (χ4v) is 4.38. The van der Waals surface area contributed by atoms with Crippen molar-refractivity contribution < 1.29 is 9.59 Å². The molecule has 0 saturated carbocycles. The third kappa shape index (κ3) is 2.61. The number of hydrogen-bond donors (Lipinski definition) is 0. The van der Waals surface area contributed by atoms with Gasteiger partial charge in [0.2, 0.25) is 5.91 Å². The van der Waals surface area contributed by atoms with Crippen molar-refractivity contribution in [3.8, 4) is 17.2 Å². The van der Waals surface area contributed by atoms with Crippen LogP contribution in [0.25, 0.3) is 11.1 Å². The number of likely N-dealkylation sites (tertiary alicyclic amines) is 1. The summed E-state index contributed by atoms with van der Waals surface area (Å²) in [5, 5.41) is 9.10. The predicted octanol–water partition coefficient (Wildman–Crippen LogP) is 3.69. The van der Waals surface area contributed by atoms with Crippen molar-refractivity contribution >= 4 is 11.7 Å². The monoisotopic (exact) mass is 344 g/mol. The number of nitrogens with zero attached hydrogens (tertiary/aromatic N) is 2. The molecule has 4 heteroatoms. The van der Waals surface area contributed by atoms with Crippen LogP contribution < -0.4 is 0 Å². The summed E-state index contributed by atoms with van der Waals surface area (Å²) in [5.74, 6) is 0.298.